The second kappa shape index (κ2) is 7.51. The number of benzene rings is 2. The Morgan fingerprint density at radius 1 is 1.33 bits per heavy atom. The first kappa shape index (κ1) is 17.2. The van der Waals surface area contributed by atoms with E-state index in [4.69, 9.17) is 11.6 Å². The van der Waals surface area contributed by atoms with Crippen LogP contribution in [0.3, 0.4) is 0 Å². The molecule has 2 aromatic carbocycles. The largest absolute Gasteiger partial charge is 0.316 e. The van der Waals surface area contributed by atoms with Crippen LogP contribution in [0.1, 0.15) is 10.4 Å². The van der Waals surface area contributed by atoms with Crippen molar-refractivity contribution in [2.24, 2.45) is 4.99 Å². The maximum Gasteiger partial charge on any atom is 0.281 e. The number of thioether (sulfide) groups is 1. The minimum absolute atomic E-state index is 0.301. The first-order valence-corrected chi connectivity index (χ1v) is 9.80. The molecule has 0 spiro atoms. The Balaban J connectivity index is 2.13. The van der Waals surface area contributed by atoms with Gasteiger partial charge in [0.2, 0.25) is 0 Å². The Bertz CT molecular complexity index is 965. The average Bonchev–Trinajstić information content (AvgIpc) is 2.89. The quantitative estimate of drug-likeness (QED) is 0.663. The fourth-order valence-electron chi connectivity index (χ4n) is 2.31. The Morgan fingerprint density at radius 2 is 2.12 bits per heavy atom. The molecule has 0 fully saturated rings. The fourth-order valence-corrected chi connectivity index (χ4v) is 3.97. The summed E-state index contributed by atoms with van der Waals surface area (Å²) in [5.74, 6) is 0.173. The van der Waals surface area contributed by atoms with Crippen molar-refractivity contribution in [1.82, 2.24) is 4.57 Å². The molecule has 7 heteroatoms. The zero-order valence-corrected chi connectivity index (χ0v) is 15.2. The Hall–Kier alpha value is -1.63. The van der Waals surface area contributed by atoms with Gasteiger partial charge in [-0.3, -0.25) is 4.79 Å². The highest BCUT2D eigenvalue weighted by Gasteiger charge is 2.11. The molecule has 124 valence electrons. The van der Waals surface area contributed by atoms with E-state index in [2.05, 4.69) is 4.99 Å². The van der Waals surface area contributed by atoms with Gasteiger partial charge in [0.05, 0.1) is 20.8 Å². The molecular formula is C17H14ClFN2OS2. The first-order valence-electron chi connectivity index (χ1n) is 7.21. The summed E-state index contributed by atoms with van der Waals surface area (Å²) in [6.07, 6.45) is 2.01. The van der Waals surface area contributed by atoms with Crippen LogP contribution in [0.25, 0.3) is 10.2 Å². The number of rotatable bonds is 4. The van der Waals surface area contributed by atoms with Gasteiger partial charge in [0.25, 0.3) is 5.91 Å². The molecule has 0 aliphatic carbocycles. The third-order valence-electron chi connectivity index (χ3n) is 3.47. The number of amides is 1. The molecule has 0 N–H and O–H groups in total. The number of hydrogen-bond acceptors (Lipinski definition) is 3. The first-order chi connectivity index (χ1) is 11.6. The smallest absolute Gasteiger partial charge is 0.281 e. The molecule has 1 heterocycles. The number of halogens is 2. The van der Waals surface area contributed by atoms with Gasteiger partial charge in [-0.25, -0.2) is 4.39 Å². The minimum atomic E-state index is -0.398. The number of aryl methyl sites for hydroxylation is 1. The van der Waals surface area contributed by atoms with Gasteiger partial charge < -0.3 is 4.57 Å². The lowest BCUT2D eigenvalue weighted by Crippen LogP contribution is -2.18. The zero-order valence-electron chi connectivity index (χ0n) is 12.8. The summed E-state index contributed by atoms with van der Waals surface area (Å²) in [6, 6.07) is 11.4. The SMILES string of the molecule is CSCCn1c(=NC(=O)c2ccccc2Cl)sc2cc(F)ccc21. The van der Waals surface area contributed by atoms with Gasteiger partial charge in [-0.1, -0.05) is 35.1 Å². The lowest BCUT2D eigenvalue weighted by molar-refractivity contribution is 0.0998. The van der Waals surface area contributed by atoms with Crippen LogP contribution in [0.2, 0.25) is 5.02 Å². The van der Waals surface area contributed by atoms with Crippen LogP contribution in [-0.4, -0.2) is 22.5 Å². The maximum absolute atomic E-state index is 13.5. The summed E-state index contributed by atoms with van der Waals surface area (Å²) in [4.78, 5) is 17.3. The Morgan fingerprint density at radius 3 is 2.88 bits per heavy atom. The molecule has 0 saturated heterocycles. The molecule has 3 rings (SSSR count). The van der Waals surface area contributed by atoms with Crippen LogP contribution in [0.4, 0.5) is 4.39 Å². The summed E-state index contributed by atoms with van der Waals surface area (Å²) in [6.45, 7) is 0.696. The van der Waals surface area contributed by atoms with Crippen molar-refractivity contribution in [3.8, 4) is 0 Å². The molecule has 0 aliphatic rings. The third-order valence-corrected chi connectivity index (χ3v) is 5.43. The highest BCUT2D eigenvalue weighted by molar-refractivity contribution is 7.98. The van der Waals surface area contributed by atoms with Crippen LogP contribution in [-0.2, 0) is 6.54 Å². The van der Waals surface area contributed by atoms with Crippen LogP contribution in [0.5, 0.6) is 0 Å². The van der Waals surface area contributed by atoms with E-state index in [1.54, 1.807) is 42.1 Å². The molecule has 3 aromatic rings. The highest BCUT2D eigenvalue weighted by atomic mass is 35.5. The van der Waals surface area contributed by atoms with Gasteiger partial charge in [0, 0.05) is 12.3 Å². The number of hydrogen-bond donors (Lipinski definition) is 0. The lowest BCUT2D eigenvalue weighted by atomic mass is 10.2. The van der Waals surface area contributed by atoms with E-state index in [1.807, 2.05) is 10.8 Å². The third kappa shape index (κ3) is 3.55. The van der Waals surface area contributed by atoms with Crippen molar-refractivity contribution in [1.29, 1.82) is 0 Å². The van der Waals surface area contributed by atoms with Gasteiger partial charge >= 0.3 is 0 Å². The van der Waals surface area contributed by atoms with Gasteiger partial charge in [0.15, 0.2) is 4.80 Å². The Labute approximate surface area is 151 Å². The predicted molar refractivity (Wildman–Crippen MR) is 99.5 cm³/mol. The minimum Gasteiger partial charge on any atom is -0.316 e. The standard InChI is InChI=1S/C17H14ClFN2OS2/c1-23-9-8-21-14-7-6-11(19)10-15(14)24-17(21)20-16(22)12-4-2-3-5-13(12)18/h2-7,10H,8-9H2,1H3. The van der Waals surface area contributed by atoms with Gasteiger partial charge in [-0.05, 0) is 36.6 Å². The van der Waals surface area contributed by atoms with Crippen molar-refractivity contribution in [2.75, 3.05) is 12.0 Å². The zero-order chi connectivity index (χ0) is 17.1. The molecule has 0 saturated carbocycles. The molecule has 0 aliphatic heterocycles. The maximum atomic E-state index is 13.5. The molecule has 1 amide bonds. The summed E-state index contributed by atoms with van der Waals surface area (Å²) in [5, 5.41) is 0.370. The van der Waals surface area contributed by atoms with Gasteiger partial charge in [0.1, 0.15) is 5.82 Å². The second-order valence-corrected chi connectivity index (χ2v) is 7.44. The van der Waals surface area contributed by atoms with Gasteiger partial charge in [-0.2, -0.15) is 16.8 Å². The molecule has 1 aromatic heterocycles. The van der Waals surface area contributed by atoms with Crippen molar-refractivity contribution in [3.63, 3.8) is 0 Å². The van der Waals surface area contributed by atoms with Crippen molar-refractivity contribution in [3.05, 3.63) is 63.7 Å². The number of nitrogens with zero attached hydrogens (tertiary/aromatic N) is 2. The molecule has 0 bridgehead atoms. The van der Waals surface area contributed by atoms with E-state index < -0.39 is 5.91 Å². The number of aromatic nitrogens is 1. The summed E-state index contributed by atoms with van der Waals surface area (Å²) >= 11 is 9.07. The van der Waals surface area contributed by atoms with E-state index in [1.165, 1.54) is 23.5 Å². The summed E-state index contributed by atoms with van der Waals surface area (Å²) in [7, 11) is 0. The molecule has 0 radical (unpaired) electrons. The lowest BCUT2D eigenvalue weighted by Gasteiger charge is -2.04. The topological polar surface area (TPSA) is 34.4 Å². The van der Waals surface area contributed by atoms with Crippen LogP contribution in [0.15, 0.2) is 47.5 Å². The summed E-state index contributed by atoms with van der Waals surface area (Å²) in [5.41, 5.74) is 1.24. The van der Waals surface area contributed by atoms with E-state index in [9.17, 15) is 9.18 Å². The fraction of sp³-hybridized carbons (Fsp3) is 0.176. The van der Waals surface area contributed by atoms with Crippen LogP contribution >= 0.6 is 34.7 Å². The second-order valence-electron chi connectivity index (χ2n) is 5.04. The van der Waals surface area contributed by atoms with Crippen molar-refractivity contribution >= 4 is 50.8 Å². The van der Waals surface area contributed by atoms with E-state index in [0.29, 0.717) is 21.9 Å². The van der Waals surface area contributed by atoms with E-state index in [-0.39, 0.29) is 5.82 Å². The van der Waals surface area contributed by atoms with E-state index >= 15 is 0 Å². The molecule has 24 heavy (non-hydrogen) atoms. The number of carbonyl (C=O) groups excluding carboxylic acids is 1. The molecule has 3 nitrogen and oxygen atoms in total. The van der Waals surface area contributed by atoms with E-state index in [0.717, 1.165) is 16.0 Å². The molecule has 0 unspecified atom stereocenters. The number of thiazole rings is 1. The predicted octanol–water partition coefficient (Wildman–Crippen LogP) is 4.60. The highest BCUT2D eigenvalue weighted by Crippen LogP contribution is 2.20. The number of carbonyl (C=O) groups is 1. The molecular weight excluding hydrogens is 367 g/mol. The number of fused-ring (bicyclic) bond motifs is 1. The molecule has 0 atom stereocenters. The Kier molecular flexibility index (Phi) is 5.38. The average molecular weight is 381 g/mol. The monoisotopic (exact) mass is 380 g/mol. The summed E-state index contributed by atoms with van der Waals surface area (Å²) < 4.78 is 16.2. The normalized spacial score (nSPS) is 12.0. The van der Waals surface area contributed by atoms with Crippen molar-refractivity contribution in [2.45, 2.75) is 6.54 Å². The van der Waals surface area contributed by atoms with Crippen LogP contribution in [0, 0.1) is 5.82 Å². The van der Waals surface area contributed by atoms with Crippen LogP contribution < -0.4 is 4.80 Å². The van der Waals surface area contributed by atoms with Gasteiger partial charge in [-0.15, -0.1) is 0 Å². The van der Waals surface area contributed by atoms with Crippen molar-refractivity contribution < 1.29 is 9.18 Å².